The third-order valence-corrected chi connectivity index (χ3v) is 14.4. The fourth-order valence-corrected chi connectivity index (χ4v) is 11.0. The Morgan fingerprint density at radius 3 is 1.42 bits per heavy atom. The van der Waals surface area contributed by atoms with Gasteiger partial charge in [-0.1, -0.05) is 123 Å². The molecule has 3 aliphatic carbocycles. The number of carboxylic acids is 1. The van der Waals surface area contributed by atoms with Crippen molar-refractivity contribution in [2.24, 2.45) is 59.2 Å². The molecule has 4 N–H and O–H groups in total. The molecule has 0 aromatic heterocycles. The van der Waals surface area contributed by atoms with E-state index in [0.29, 0.717) is 47.8 Å². The van der Waals surface area contributed by atoms with Gasteiger partial charge in [-0.2, -0.15) is 18.3 Å². The van der Waals surface area contributed by atoms with Crippen molar-refractivity contribution in [3.63, 3.8) is 0 Å². The molecule has 53 heavy (non-hydrogen) atoms. The van der Waals surface area contributed by atoms with E-state index in [4.69, 9.17) is 10.6 Å². The Morgan fingerprint density at radius 1 is 0.604 bits per heavy atom. The molecule has 7 nitrogen and oxygen atoms in total. The van der Waals surface area contributed by atoms with Gasteiger partial charge in [0, 0.05) is 17.1 Å². The second kappa shape index (κ2) is 23.4. The first-order valence-electron chi connectivity index (χ1n) is 21.8. The number of piperidine rings is 3. The topological polar surface area (TPSA) is 127 Å². The molecular formula is C45H79MnN4O3-3. The Bertz CT molecular complexity index is 1050. The molecular weight excluding hydrogens is 699 g/mol. The van der Waals surface area contributed by atoms with Crippen molar-refractivity contribution in [2.45, 2.75) is 175 Å². The van der Waals surface area contributed by atoms with Crippen molar-refractivity contribution in [1.29, 1.82) is 0 Å². The maximum Gasteiger partial charge on any atom is 0.307 e. The summed E-state index contributed by atoms with van der Waals surface area (Å²) >= 11 is 0. The van der Waals surface area contributed by atoms with Crippen molar-refractivity contribution in [3.8, 4) is 0 Å². The Morgan fingerprint density at radius 2 is 1.02 bits per heavy atom. The zero-order valence-electron chi connectivity index (χ0n) is 34.6. The van der Waals surface area contributed by atoms with Crippen molar-refractivity contribution < 1.29 is 32.4 Å². The van der Waals surface area contributed by atoms with Crippen molar-refractivity contribution in [3.05, 3.63) is 45.2 Å². The molecule has 6 fully saturated rings. The van der Waals surface area contributed by atoms with Crippen molar-refractivity contribution >= 4 is 5.97 Å². The summed E-state index contributed by atoms with van der Waals surface area (Å²) in [6.45, 7) is 17.0. The van der Waals surface area contributed by atoms with E-state index in [0.717, 1.165) is 49.2 Å². The second-order valence-corrected chi connectivity index (χ2v) is 18.8. The first-order chi connectivity index (χ1) is 24.6. The number of carboxylic acid groups (broad SMARTS) is 1. The number of rotatable bonds is 5. The van der Waals surface area contributed by atoms with Crippen LogP contribution in [0.5, 0.6) is 0 Å². The van der Waals surface area contributed by atoms with Gasteiger partial charge in [-0.05, 0) is 98.7 Å². The molecule has 7 rings (SSSR count). The minimum absolute atomic E-state index is 0. The number of hydrogen-bond acceptors (Lipinski definition) is 1. The SMILES string of the molecule is CC1=CC(C2CC(C)CC[N-]2)[N-]C=C1.CC1CCC(C2CCCC(C3CCC(C)CC3)C2C(=O)O)CC1.CC1CC[N-]C(C2CC(C)CC[N-]2)C1.[Mn].[OH3+]. The molecule has 1 radical (unpaired) electrons. The second-order valence-electron chi connectivity index (χ2n) is 18.8. The molecule has 3 saturated heterocycles. The van der Waals surface area contributed by atoms with Crippen LogP contribution < -0.4 is 0 Å². The monoisotopic (exact) mass is 779 g/mol. The van der Waals surface area contributed by atoms with Crippen molar-refractivity contribution in [2.75, 3.05) is 19.6 Å². The van der Waals surface area contributed by atoms with Gasteiger partial charge in [-0.25, -0.2) is 0 Å². The van der Waals surface area contributed by atoms with Crippen molar-refractivity contribution in [1.82, 2.24) is 0 Å². The van der Waals surface area contributed by atoms with E-state index >= 15 is 0 Å². The molecule has 0 bridgehead atoms. The summed E-state index contributed by atoms with van der Waals surface area (Å²) in [4.78, 5) is 12.2. The number of hydrogen-bond donors (Lipinski definition) is 1. The quantitative estimate of drug-likeness (QED) is 0.220. The summed E-state index contributed by atoms with van der Waals surface area (Å²) in [5.74, 6) is 6.06. The van der Waals surface area contributed by atoms with Crippen LogP contribution in [0.25, 0.3) is 21.3 Å². The van der Waals surface area contributed by atoms with E-state index < -0.39 is 5.97 Å². The van der Waals surface area contributed by atoms with E-state index in [1.165, 1.54) is 115 Å². The Hall–Kier alpha value is -0.891. The van der Waals surface area contributed by atoms with E-state index in [-0.39, 0.29) is 28.5 Å². The van der Waals surface area contributed by atoms with Gasteiger partial charge >= 0.3 is 5.97 Å². The van der Waals surface area contributed by atoms with Gasteiger partial charge < -0.3 is 31.8 Å². The van der Waals surface area contributed by atoms with Gasteiger partial charge in [0.15, 0.2) is 0 Å². The standard InChI is InChI=1S/C21H36O2.C12H22N2.C12H18N2.Mn.H2O/c1-14-6-10-16(11-7-14)18-4-3-5-19(20(18)21(22)23)17-12-8-15(2)9-13-17;2*1-9-3-5-13-11(7-9)12-8-10(2)4-6-14-12;;/h14-20H,3-13H2,1-2H3,(H,22,23);9-12H,3-8H2,1-2H3;3,5,7,10-12H,4,6,8H2,1-2H3;;1H2/q;2*-2;;/p+1. The summed E-state index contributed by atoms with van der Waals surface area (Å²) in [5.41, 5.74) is 1.32. The van der Waals surface area contributed by atoms with Crippen LogP contribution in [-0.4, -0.2) is 54.9 Å². The van der Waals surface area contributed by atoms with E-state index in [1.54, 1.807) is 0 Å². The Labute approximate surface area is 336 Å². The minimum Gasteiger partial charge on any atom is -0.686 e. The summed E-state index contributed by atoms with van der Waals surface area (Å²) in [5, 5.41) is 28.7. The van der Waals surface area contributed by atoms with Crippen LogP contribution in [0.4, 0.5) is 0 Å². The molecule has 8 heteroatoms. The van der Waals surface area contributed by atoms with Gasteiger partial charge in [0.2, 0.25) is 0 Å². The molecule has 0 amide bonds. The summed E-state index contributed by atoms with van der Waals surface area (Å²) in [6.07, 6.45) is 27.8. The van der Waals surface area contributed by atoms with Gasteiger partial charge in [0.05, 0.1) is 5.92 Å². The number of carbonyl (C=O) groups is 1. The predicted octanol–water partition coefficient (Wildman–Crippen LogP) is 11.5. The maximum atomic E-state index is 12.2. The van der Waals surface area contributed by atoms with Crippen LogP contribution in [-0.2, 0) is 27.3 Å². The largest absolute Gasteiger partial charge is 0.686 e. The fourth-order valence-electron chi connectivity index (χ4n) is 11.0. The van der Waals surface area contributed by atoms with Gasteiger partial charge in [-0.15, -0.1) is 31.7 Å². The van der Waals surface area contributed by atoms with E-state index in [9.17, 15) is 9.90 Å². The summed E-state index contributed by atoms with van der Waals surface area (Å²) in [6, 6.07) is 1.85. The molecule has 0 spiro atoms. The molecule has 3 saturated carbocycles. The smallest absolute Gasteiger partial charge is 0.307 e. The van der Waals surface area contributed by atoms with E-state index in [2.05, 4.69) is 64.3 Å². The van der Waals surface area contributed by atoms with Crippen LogP contribution >= 0.6 is 0 Å². The first-order valence-corrected chi connectivity index (χ1v) is 21.8. The minimum atomic E-state index is -0.475. The normalized spacial score (nSPS) is 41.6. The molecule has 0 aromatic rings. The molecule has 307 valence electrons. The summed E-state index contributed by atoms with van der Waals surface area (Å²) < 4.78 is 0. The predicted molar refractivity (Wildman–Crippen MR) is 220 cm³/mol. The fraction of sp³-hybridized carbons (Fsp3) is 0.889. The Kier molecular flexibility index (Phi) is 20.5. The molecule has 7 aliphatic rings. The van der Waals surface area contributed by atoms with Crippen LogP contribution in [0, 0.1) is 59.2 Å². The Balaban J connectivity index is 0.000000220. The number of allylic oxidation sites excluding steroid dienone is 2. The van der Waals surface area contributed by atoms with Crippen LogP contribution in [0.15, 0.2) is 23.9 Å². The van der Waals surface area contributed by atoms with Gasteiger partial charge in [0.1, 0.15) is 0 Å². The average Bonchev–Trinajstić information content (AvgIpc) is 3.12. The number of aliphatic carboxylic acids is 1. The van der Waals surface area contributed by atoms with Crippen LogP contribution in [0.2, 0.25) is 0 Å². The zero-order valence-corrected chi connectivity index (χ0v) is 35.7. The summed E-state index contributed by atoms with van der Waals surface area (Å²) in [7, 11) is 0. The molecule has 0 aromatic carbocycles. The maximum absolute atomic E-state index is 12.2. The third-order valence-electron chi connectivity index (χ3n) is 14.4. The molecule has 9 unspecified atom stereocenters. The molecule has 9 atom stereocenters. The van der Waals surface area contributed by atoms with Gasteiger partial charge in [0.25, 0.3) is 0 Å². The van der Waals surface area contributed by atoms with Crippen LogP contribution in [0.3, 0.4) is 0 Å². The average molecular weight is 779 g/mol. The van der Waals surface area contributed by atoms with Crippen LogP contribution in [0.1, 0.15) is 151 Å². The van der Waals surface area contributed by atoms with E-state index in [1.807, 2.05) is 6.20 Å². The molecule has 4 heterocycles. The third kappa shape index (κ3) is 14.2. The molecule has 4 aliphatic heterocycles. The first kappa shape index (κ1) is 46.5. The van der Waals surface area contributed by atoms with Gasteiger partial charge in [-0.3, -0.25) is 4.79 Å². The zero-order chi connectivity index (χ0) is 36.3. The number of nitrogens with zero attached hydrogens (tertiary/aromatic N) is 4.